The van der Waals surface area contributed by atoms with E-state index in [4.69, 9.17) is 0 Å². The Morgan fingerprint density at radius 1 is 0.476 bits per heavy atom. The van der Waals surface area contributed by atoms with Crippen LogP contribution in [0.5, 0.6) is 0 Å². The largest absolute Gasteiger partial charge is 0.394 e. The van der Waals surface area contributed by atoms with E-state index in [9.17, 15) is 15.0 Å². The van der Waals surface area contributed by atoms with Crippen molar-refractivity contribution in [1.29, 1.82) is 0 Å². The third kappa shape index (κ3) is 30.8. The standard InChI is InChI=1S/C38H77NO3/c1-3-5-7-9-11-13-14-15-16-17-18-19-20-21-22-23-24-26-28-30-32-34-38(42)39-36(35-40)37(41)33-31-29-27-25-12-10-8-6-4-2/h36-37,40-41H,3-35H2,1-2H3,(H,39,42)/t36-,37+/m0/s1. The van der Waals surface area contributed by atoms with Crippen LogP contribution in [-0.4, -0.2) is 34.9 Å². The summed E-state index contributed by atoms with van der Waals surface area (Å²) in [6, 6.07) is -0.526. The summed E-state index contributed by atoms with van der Waals surface area (Å²) in [6.07, 6.45) is 40.3. The normalized spacial score (nSPS) is 13.0. The second kappa shape index (κ2) is 34.9. The van der Waals surface area contributed by atoms with Gasteiger partial charge >= 0.3 is 0 Å². The number of hydrogen-bond acceptors (Lipinski definition) is 3. The molecule has 0 aromatic rings. The maximum atomic E-state index is 12.3. The first-order valence-corrected chi connectivity index (χ1v) is 19.2. The summed E-state index contributed by atoms with van der Waals surface area (Å²) in [7, 11) is 0. The van der Waals surface area contributed by atoms with E-state index in [0.29, 0.717) is 12.8 Å². The number of carbonyl (C=O) groups excluding carboxylic acids is 1. The van der Waals surface area contributed by atoms with Crippen molar-refractivity contribution in [2.45, 2.75) is 231 Å². The van der Waals surface area contributed by atoms with E-state index >= 15 is 0 Å². The van der Waals surface area contributed by atoms with Crippen LogP contribution in [0.3, 0.4) is 0 Å². The van der Waals surface area contributed by atoms with Crippen molar-refractivity contribution >= 4 is 5.91 Å². The molecule has 3 N–H and O–H groups in total. The summed E-state index contributed by atoms with van der Waals surface area (Å²) < 4.78 is 0. The molecule has 42 heavy (non-hydrogen) atoms. The molecule has 0 heterocycles. The van der Waals surface area contributed by atoms with Gasteiger partial charge in [-0.05, 0) is 12.8 Å². The molecule has 0 bridgehead atoms. The van der Waals surface area contributed by atoms with Gasteiger partial charge in [0.1, 0.15) is 0 Å². The van der Waals surface area contributed by atoms with Crippen molar-refractivity contribution in [3.63, 3.8) is 0 Å². The highest BCUT2D eigenvalue weighted by atomic mass is 16.3. The first kappa shape index (κ1) is 41.4. The molecule has 0 aliphatic rings. The first-order valence-electron chi connectivity index (χ1n) is 19.2. The number of aliphatic hydroxyl groups excluding tert-OH is 2. The van der Waals surface area contributed by atoms with Crippen LogP contribution >= 0.6 is 0 Å². The van der Waals surface area contributed by atoms with E-state index < -0.39 is 12.1 Å². The molecule has 0 aromatic carbocycles. The van der Waals surface area contributed by atoms with E-state index in [1.165, 1.54) is 167 Å². The van der Waals surface area contributed by atoms with Gasteiger partial charge in [-0.3, -0.25) is 4.79 Å². The van der Waals surface area contributed by atoms with Gasteiger partial charge in [-0.15, -0.1) is 0 Å². The van der Waals surface area contributed by atoms with Crippen molar-refractivity contribution in [2.24, 2.45) is 0 Å². The second-order valence-corrected chi connectivity index (χ2v) is 13.4. The number of amides is 1. The van der Waals surface area contributed by atoms with Crippen LogP contribution in [0, 0.1) is 0 Å². The van der Waals surface area contributed by atoms with E-state index in [1.54, 1.807) is 0 Å². The van der Waals surface area contributed by atoms with Crippen LogP contribution in [0.2, 0.25) is 0 Å². The minimum absolute atomic E-state index is 0.0296. The number of unbranched alkanes of at least 4 members (excludes halogenated alkanes) is 28. The smallest absolute Gasteiger partial charge is 0.220 e. The van der Waals surface area contributed by atoms with Gasteiger partial charge in [-0.25, -0.2) is 0 Å². The fourth-order valence-corrected chi connectivity index (χ4v) is 6.13. The van der Waals surface area contributed by atoms with E-state index in [0.717, 1.165) is 25.7 Å². The molecule has 0 radical (unpaired) electrons. The topological polar surface area (TPSA) is 69.6 Å². The van der Waals surface area contributed by atoms with E-state index in [2.05, 4.69) is 19.2 Å². The quantitative estimate of drug-likeness (QED) is 0.0638. The Morgan fingerprint density at radius 3 is 1.07 bits per heavy atom. The minimum atomic E-state index is -0.650. The predicted octanol–water partition coefficient (Wildman–Crippen LogP) is 11.3. The zero-order valence-electron chi connectivity index (χ0n) is 28.8. The van der Waals surface area contributed by atoms with Gasteiger partial charge in [0.2, 0.25) is 5.91 Å². The molecular formula is C38H77NO3. The van der Waals surface area contributed by atoms with Gasteiger partial charge in [0, 0.05) is 6.42 Å². The average Bonchev–Trinajstić information content (AvgIpc) is 2.99. The number of nitrogens with one attached hydrogen (secondary N) is 1. The molecule has 0 rings (SSSR count). The first-order chi connectivity index (χ1) is 20.7. The van der Waals surface area contributed by atoms with Crippen LogP contribution in [0.25, 0.3) is 0 Å². The Hall–Kier alpha value is -0.610. The van der Waals surface area contributed by atoms with E-state index in [-0.39, 0.29) is 12.5 Å². The molecule has 0 spiro atoms. The summed E-state index contributed by atoms with van der Waals surface area (Å²) in [4.78, 5) is 12.3. The highest BCUT2D eigenvalue weighted by Crippen LogP contribution is 2.16. The molecule has 0 aliphatic carbocycles. The lowest BCUT2D eigenvalue weighted by Gasteiger charge is -2.22. The Balaban J connectivity index is 3.44. The van der Waals surface area contributed by atoms with Crippen LogP contribution < -0.4 is 5.32 Å². The number of aliphatic hydroxyl groups is 2. The number of hydrogen-bond donors (Lipinski definition) is 3. The SMILES string of the molecule is CCCCCCCCCCCCCCCCCCCCCCCC(=O)N[C@@H](CO)[C@H](O)CCCCCCCCCCC. The lowest BCUT2D eigenvalue weighted by Crippen LogP contribution is -2.45. The third-order valence-corrected chi connectivity index (χ3v) is 9.12. The molecule has 4 heteroatoms. The fourth-order valence-electron chi connectivity index (χ4n) is 6.13. The number of carbonyl (C=O) groups is 1. The molecular weight excluding hydrogens is 518 g/mol. The van der Waals surface area contributed by atoms with Crippen LogP contribution in [-0.2, 0) is 4.79 Å². The van der Waals surface area contributed by atoms with Crippen molar-refractivity contribution < 1.29 is 15.0 Å². The zero-order chi connectivity index (χ0) is 30.8. The summed E-state index contributed by atoms with van der Waals surface area (Å²) in [6.45, 7) is 4.35. The van der Waals surface area contributed by atoms with Gasteiger partial charge < -0.3 is 15.5 Å². The van der Waals surface area contributed by atoms with Gasteiger partial charge in [0.15, 0.2) is 0 Å². The van der Waals surface area contributed by atoms with Crippen molar-refractivity contribution in [3.05, 3.63) is 0 Å². The maximum absolute atomic E-state index is 12.3. The molecule has 0 aliphatic heterocycles. The molecule has 252 valence electrons. The lowest BCUT2D eigenvalue weighted by molar-refractivity contribution is -0.123. The highest BCUT2D eigenvalue weighted by Gasteiger charge is 2.19. The molecule has 0 aromatic heterocycles. The molecule has 0 unspecified atom stereocenters. The third-order valence-electron chi connectivity index (χ3n) is 9.12. The lowest BCUT2D eigenvalue weighted by atomic mass is 10.0. The van der Waals surface area contributed by atoms with Crippen molar-refractivity contribution in [3.8, 4) is 0 Å². The van der Waals surface area contributed by atoms with Crippen molar-refractivity contribution in [1.82, 2.24) is 5.32 Å². The molecule has 4 nitrogen and oxygen atoms in total. The monoisotopic (exact) mass is 596 g/mol. The number of rotatable bonds is 35. The van der Waals surface area contributed by atoms with Crippen LogP contribution in [0.1, 0.15) is 219 Å². The molecule has 0 saturated carbocycles. The molecule has 0 fully saturated rings. The van der Waals surface area contributed by atoms with Crippen LogP contribution in [0.15, 0.2) is 0 Å². The fraction of sp³-hybridized carbons (Fsp3) is 0.974. The molecule has 2 atom stereocenters. The van der Waals surface area contributed by atoms with E-state index in [1.807, 2.05) is 0 Å². The summed E-state index contributed by atoms with van der Waals surface area (Å²) in [5.74, 6) is -0.0296. The molecule has 0 saturated heterocycles. The Morgan fingerprint density at radius 2 is 0.762 bits per heavy atom. The highest BCUT2D eigenvalue weighted by molar-refractivity contribution is 5.76. The summed E-state index contributed by atoms with van der Waals surface area (Å²) in [5.41, 5.74) is 0. The summed E-state index contributed by atoms with van der Waals surface area (Å²) >= 11 is 0. The van der Waals surface area contributed by atoms with Gasteiger partial charge in [0.25, 0.3) is 0 Å². The summed E-state index contributed by atoms with van der Waals surface area (Å²) in [5, 5.41) is 23.0. The second-order valence-electron chi connectivity index (χ2n) is 13.4. The Kier molecular flexibility index (Phi) is 34.4. The Labute approximate surface area is 264 Å². The van der Waals surface area contributed by atoms with Crippen LogP contribution in [0.4, 0.5) is 0 Å². The van der Waals surface area contributed by atoms with Gasteiger partial charge in [-0.1, -0.05) is 200 Å². The minimum Gasteiger partial charge on any atom is -0.394 e. The molecule has 1 amide bonds. The van der Waals surface area contributed by atoms with Gasteiger partial charge in [-0.2, -0.15) is 0 Å². The van der Waals surface area contributed by atoms with Gasteiger partial charge in [0.05, 0.1) is 18.8 Å². The van der Waals surface area contributed by atoms with Crippen molar-refractivity contribution in [2.75, 3.05) is 6.61 Å². The average molecular weight is 596 g/mol. The Bertz CT molecular complexity index is 526. The maximum Gasteiger partial charge on any atom is 0.220 e. The predicted molar refractivity (Wildman–Crippen MR) is 184 cm³/mol. The zero-order valence-corrected chi connectivity index (χ0v) is 28.8.